The van der Waals surface area contributed by atoms with Gasteiger partial charge in [-0.15, -0.1) is 0 Å². The highest BCUT2D eigenvalue weighted by Crippen LogP contribution is 2.32. The molecule has 1 fully saturated rings. The molecule has 0 bridgehead atoms. The van der Waals surface area contributed by atoms with Crippen molar-refractivity contribution < 1.29 is 19.0 Å². The Labute approximate surface area is 204 Å². The van der Waals surface area contributed by atoms with Gasteiger partial charge in [-0.1, -0.05) is 18.2 Å². The number of amides is 1. The molecule has 0 radical (unpaired) electrons. The van der Waals surface area contributed by atoms with Crippen LogP contribution in [0.15, 0.2) is 54.7 Å². The van der Waals surface area contributed by atoms with E-state index >= 15 is 0 Å². The first-order valence-corrected chi connectivity index (χ1v) is 11.9. The van der Waals surface area contributed by atoms with Crippen molar-refractivity contribution in [2.45, 2.75) is 6.42 Å². The van der Waals surface area contributed by atoms with E-state index in [9.17, 15) is 4.79 Å². The highest BCUT2D eigenvalue weighted by molar-refractivity contribution is 6.11. The fourth-order valence-electron chi connectivity index (χ4n) is 4.62. The van der Waals surface area contributed by atoms with Crippen LogP contribution >= 0.6 is 0 Å². The van der Waals surface area contributed by atoms with Crippen molar-refractivity contribution in [3.8, 4) is 11.5 Å². The summed E-state index contributed by atoms with van der Waals surface area (Å²) in [5.74, 6) is 1.05. The van der Waals surface area contributed by atoms with Crippen LogP contribution in [0.3, 0.4) is 0 Å². The molecular formula is C27H30N4O4. The summed E-state index contributed by atoms with van der Waals surface area (Å²) in [7, 11) is 3.20. The molecule has 35 heavy (non-hydrogen) atoms. The van der Waals surface area contributed by atoms with E-state index in [0.717, 1.165) is 66.8 Å². The number of morpholine rings is 1. The molecule has 0 aliphatic carbocycles. The van der Waals surface area contributed by atoms with Gasteiger partial charge < -0.3 is 24.1 Å². The van der Waals surface area contributed by atoms with Gasteiger partial charge in [0.1, 0.15) is 5.69 Å². The number of hydrogen-bond acceptors (Lipinski definition) is 6. The Hall–Kier alpha value is -3.62. The van der Waals surface area contributed by atoms with Gasteiger partial charge in [0.25, 0.3) is 5.91 Å². The van der Waals surface area contributed by atoms with Crippen molar-refractivity contribution in [3.63, 3.8) is 0 Å². The second-order valence-corrected chi connectivity index (χ2v) is 8.59. The number of H-pyrrole nitrogens is 1. The maximum atomic E-state index is 13.8. The minimum absolute atomic E-state index is 0.147. The lowest BCUT2D eigenvalue weighted by molar-refractivity contribution is 0.0376. The molecule has 0 saturated carbocycles. The molecule has 2 aromatic heterocycles. The largest absolute Gasteiger partial charge is 0.493 e. The summed E-state index contributed by atoms with van der Waals surface area (Å²) in [6, 6.07) is 15.5. The summed E-state index contributed by atoms with van der Waals surface area (Å²) in [6.07, 6.45) is 2.57. The van der Waals surface area contributed by atoms with Crippen LogP contribution in [0.4, 0.5) is 5.69 Å². The third kappa shape index (κ3) is 4.80. The molecule has 2 aromatic carbocycles. The van der Waals surface area contributed by atoms with E-state index < -0.39 is 0 Å². The zero-order chi connectivity index (χ0) is 24.2. The van der Waals surface area contributed by atoms with E-state index in [1.54, 1.807) is 25.3 Å². The van der Waals surface area contributed by atoms with E-state index in [1.807, 2.05) is 42.5 Å². The van der Waals surface area contributed by atoms with E-state index in [-0.39, 0.29) is 5.91 Å². The summed E-state index contributed by atoms with van der Waals surface area (Å²) in [5.41, 5.74) is 3.09. The van der Waals surface area contributed by atoms with Crippen molar-refractivity contribution >= 4 is 33.4 Å². The number of aromatic nitrogens is 2. The molecule has 5 rings (SSSR count). The van der Waals surface area contributed by atoms with Crippen LogP contribution in [0.25, 0.3) is 21.8 Å². The zero-order valence-corrected chi connectivity index (χ0v) is 20.1. The average Bonchev–Trinajstić information content (AvgIpc) is 3.29. The molecule has 1 aliphatic heterocycles. The van der Waals surface area contributed by atoms with Gasteiger partial charge in [-0.3, -0.25) is 9.69 Å². The summed E-state index contributed by atoms with van der Waals surface area (Å²) >= 11 is 0. The summed E-state index contributed by atoms with van der Waals surface area (Å²) in [6.45, 7) is 4.81. The predicted molar refractivity (Wildman–Crippen MR) is 137 cm³/mol. The Kier molecular flexibility index (Phi) is 6.83. The van der Waals surface area contributed by atoms with Gasteiger partial charge in [0.15, 0.2) is 11.5 Å². The van der Waals surface area contributed by atoms with Gasteiger partial charge >= 0.3 is 0 Å². The van der Waals surface area contributed by atoms with Crippen LogP contribution in [-0.2, 0) is 4.74 Å². The molecule has 1 saturated heterocycles. The molecule has 0 unspecified atom stereocenters. The fraction of sp³-hybridized carbons (Fsp3) is 0.333. The summed E-state index contributed by atoms with van der Waals surface area (Å²) in [4.78, 5) is 25.9. The number of carbonyl (C=O) groups excluding carboxylic acids is 1. The number of carbonyl (C=O) groups is 1. The van der Waals surface area contributed by atoms with Crippen molar-refractivity contribution in [1.29, 1.82) is 0 Å². The van der Waals surface area contributed by atoms with E-state index in [2.05, 4.69) is 20.9 Å². The maximum absolute atomic E-state index is 13.8. The first-order valence-electron chi connectivity index (χ1n) is 11.9. The molecule has 0 spiro atoms. The molecule has 3 heterocycles. The number of nitrogens with zero attached hydrogens (tertiary/aromatic N) is 3. The SMILES string of the molecule is COc1ccc(N(CCCN2CCOCC2)C(=O)c2cc3c(cn2)[nH]c2ccccc23)cc1OC. The van der Waals surface area contributed by atoms with Crippen LogP contribution in [0.2, 0.25) is 0 Å². The van der Waals surface area contributed by atoms with Gasteiger partial charge in [-0.25, -0.2) is 4.98 Å². The molecule has 4 aromatic rings. The standard InChI is InChI=1S/C27H30N4O4/c1-33-25-9-8-19(16-26(25)34-2)31(11-5-10-30-12-14-35-15-13-30)27(32)23-17-21-20-6-3-4-7-22(20)29-24(21)18-28-23/h3-4,6-9,16-18,29H,5,10-15H2,1-2H3. The normalized spacial score (nSPS) is 14.3. The van der Waals surface area contributed by atoms with Crippen LogP contribution in [0.1, 0.15) is 16.9 Å². The highest BCUT2D eigenvalue weighted by Gasteiger charge is 2.22. The minimum atomic E-state index is -0.147. The molecule has 1 N–H and O–H groups in total. The first-order chi connectivity index (χ1) is 17.2. The number of anilines is 1. The Morgan fingerprint density at radius 2 is 1.83 bits per heavy atom. The predicted octanol–water partition coefficient (Wildman–Crippen LogP) is 4.10. The Morgan fingerprint density at radius 3 is 2.63 bits per heavy atom. The highest BCUT2D eigenvalue weighted by atomic mass is 16.5. The number of methoxy groups -OCH3 is 2. The third-order valence-electron chi connectivity index (χ3n) is 6.49. The number of para-hydroxylation sites is 1. The van der Waals surface area contributed by atoms with Crippen LogP contribution in [-0.4, -0.2) is 74.4 Å². The second-order valence-electron chi connectivity index (χ2n) is 8.59. The Balaban J connectivity index is 1.46. The van der Waals surface area contributed by atoms with Gasteiger partial charge in [-0.05, 0) is 30.7 Å². The number of rotatable bonds is 8. The smallest absolute Gasteiger partial charge is 0.276 e. The molecule has 1 aliphatic rings. The topological polar surface area (TPSA) is 79.9 Å². The second kappa shape index (κ2) is 10.3. The lowest BCUT2D eigenvalue weighted by Gasteiger charge is -2.28. The number of aromatic amines is 1. The number of nitrogens with one attached hydrogen (secondary N) is 1. The summed E-state index contributed by atoms with van der Waals surface area (Å²) in [5, 5.41) is 2.06. The van der Waals surface area contributed by atoms with Crippen molar-refractivity contribution in [2.75, 3.05) is 58.5 Å². The van der Waals surface area contributed by atoms with Crippen LogP contribution < -0.4 is 14.4 Å². The molecule has 182 valence electrons. The maximum Gasteiger partial charge on any atom is 0.276 e. The Morgan fingerprint density at radius 1 is 1.03 bits per heavy atom. The molecule has 8 nitrogen and oxygen atoms in total. The van der Waals surface area contributed by atoms with Gasteiger partial charge in [0.05, 0.1) is 39.1 Å². The van der Waals surface area contributed by atoms with Crippen molar-refractivity contribution in [1.82, 2.24) is 14.9 Å². The van der Waals surface area contributed by atoms with Gasteiger partial charge in [0.2, 0.25) is 0 Å². The lowest BCUT2D eigenvalue weighted by atomic mass is 10.1. The third-order valence-corrected chi connectivity index (χ3v) is 6.49. The monoisotopic (exact) mass is 474 g/mol. The zero-order valence-electron chi connectivity index (χ0n) is 20.1. The lowest BCUT2D eigenvalue weighted by Crippen LogP contribution is -2.39. The first kappa shape index (κ1) is 23.1. The average molecular weight is 475 g/mol. The quantitative estimate of drug-likeness (QED) is 0.414. The van der Waals surface area contributed by atoms with Crippen molar-refractivity contribution in [2.24, 2.45) is 0 Å². The summed E-state index contributed by atoms with van der Waals surface area (Å²) < 4.78 is 16.4. The number of fused-ring (bicyclic) bond motifs is 3. The van der Waals surface area contributed by atoms with Crippen LogP contribution in [0, 0.1) is 0 Å². The fourth-order valence-corrected chi connectivity index (χ4v) is 4.62. The number of ether oxygens (including phenoxy) is 3. The van der Waals surface area contributed by atoms with E-state index in [0.29, 0.717) is 23.7 Å². The van der Waals surface area contributed by atoms with E-state index in [1.165, 1.54) is 0 Å². The molecule has 8 heteroatoms. The molecule has 0 atom stereocenters. The van der Waals surface area contributed by atoms with Gasteiger partial charge in [0, 0.05) is 54.2 Å². The van der Waals surface area contributed by atoms with Crippen molar-refractivity contribution in [3.05, 3.63) is 60.4 Å². The van der Waals surface area contributed by atoms with Gasteiger partial charge in [-0.2, -0.15) is 0 Å². The number of benzene rings is 2. The Bertz CT molecular complexity index is 1330. The van der Waals surface area contributed by atoms with E-state index in [4.69, 9.17) is 14.2 Å². The number of pyridine rings is 1. The molecule has 1 amide bonds. The minimum Gasteiger partial charge on any atom is -0.493 e. The van der Waals surface area contributed by atoms with Crippen LogP contribution in [0.5, 0.6) is 11.5 Å². The molecular weight excluding hydrogens is 444 g/mol. The number of hydrogen-bond donors (Lipinski definition) is 1.